The van der Waals surface area contributed by atoms with Crippen molar-refractivity contribution in [3.8, 4) is 0 Å². The summed E-state index contributed by atoms with van der Waals surface area (Å²) >= 11 is 1.29. The number of carbonyl (C=O) groups is 2. The van der Waals surface area contributed by atoms with Crippen LogP contribution >= 0.6 is 0 Å². The van der Waals surface area contributed by atoms with Gasteiger partial charge in [0.25, 0.3) is 0 Å². The molecular weight excluding hydrogens is 352 g/mol. The topological polar surface area (TPSA) is 49.4 Å². The zero-order valence-electron chi connectivity index (χ0n) is 8.90. The fourth-order valence-electron chi connectivity index (χ4n) is 0.712. The van der Waals surface area contributed by atoms with Crippen LogP contribution in [-0.4, -0.2) is 40.2 Å². The van der Waals surface area contributed by atoms with Crippen molar-refractivity contribution in [1.82, 2.24) is 10.2 Å². The van der Waals surface area contributed by atoms with Gasteiger partial charge in [0.1, 0.15) is 0 Å². The summed E-state index contributed by atoms with van der Waals surface area (Å²) in [5.41, 5.74) is 0. The van der Waals surface area contributed by atoms with Crippen LogP contribution in [0.3, 0.4) is 0 Å². The van der Waals surface area contributed by atoms with Crippen molar-refractivity contribution in [2.75, 3.05) is 7.05 Å². The first-order chi connectivity index (χ1) is 6.40. The minimum atomic E-state index is -0.400. The standard InChI is InChI=1S/C9H16N2O2.W/c1-6(8(3)12)10-9(13)7(2)11(4)5;/h4,6-7H,1-3,5H3,(H,10,13);. The molecule has 14 heavy (non-hydrogen) atoms. The molecule has 0 aliphatic carbocycles. The quantitative estimate of drug-likeness (QED) is 0.726. The van der Waals surface area contributed by atoms with E-state index in [1.807, 2.05) is 23.4 Å². The van der Waals surface area contributed by atoms with Gasteiger partial charge in [-0.15, -0.1) is 0 Å². The van der Waals surface area contributed by atoms with E-state index >= 15 is 0 Å². The average molecular weight is 368 g/mol. The second kappa shape index (κ2) is 6.20. The minimum absolute atomic E-state index is 0.0284. The van der Waals surface area contributed by atoms with E-state index in [-0.39, 0.29) is 17.7 Å². The molecule has 0 spiro atoms. The molecule has 0 aromatic heterocycles. The van der Waals surface area contributed by atoms with Gasteiger partial charge in [-0.25, -0.2) is 0 Å². The third-order valence-electron chi connectivity index (χ3n) is 2.13. The second-order valence-electron chi connectivity index (χ2n) is 3.29. The molecule has 4 nitrogen and oxygen atoms in total. The number of nitrogens with zero attached hydrogens (tertiary/aromatic N) is 1. The first kappa shape index (κ1) is 13.7. The van der Waals surface area contributed by atoms with E-state index in [4.69, 9.17) is 0 Å². The predicted octanol–water partition coefficient (Wildman–Crippen LogP) is -0.293. The maximum atomic E-state index is 11.5. The molecule has 2 unspecified atom stereocenters. The summed E-state index contributed by atoms with van der Waals surface area (Å²) in [4.78, 5) is 24.3. The van der Waals surface area contributed by atoms with E-state index in [0.717, 1.165) is 0 Å². The molecule has 0 bridgehead atoms. The zero-order chi connectivity index (χ0) is 11.3. The number of likely N-dealkylation sites (N-methyl/N-ethyl adjacent to an activating group) is 1. The van der Waals surface area contributed by atoms with Gasteiger partial charge in [0.2, 0.25) is 0 Å². The van der Waals surface area contributed by atoms with Gasteiger partial charge >= 0.3 is 95.3 Å². The van der Waals surface area contributed by atoms with Crippen molar-refractivity contribution >= 4 is 16.2 Å². The number of carbonyl (C=O) groups excluding carboxylic acids is 2. The van der Waals surface area contributed by atoms with Crippen molar-refractivity contribution in [1.29, 1.82) is 0 Å². The summed E-state index contributed by atoms with van der Waals surface area (Å²) in [5.74, 6) is -0.146. The molecule has 1 N–H and O–H groups in total. The van der Waals surface area contributed by atoms with Gasteiger partial charge in [0, 0.05) is 0 Å². The molecule has 0 rings (SSSR count). The maximum absolute atomic E-state index is 11.5. The van der Waals surface area contributed by atoms with Crippen LogP contribution in [0.5, 0.6) is 0 Å². The summed E-state index contributed by atoms with van der Waals surface area (Å²) in [5, 5.41) is 2.65. The van der Waals surface area contributed by atoms with Crippen molar-refractivity contribution in [2.45, 2.75) is 32.9 Å². The van der Waals surface area contributed by atoms with E-state index in [0.29, 0.717) is 0 Å². The molecule has 2 atom stereocenters. The monoisotopic (exact) mass is 368 g/mol. The number of hydrogen-bond donors (Lipinski definition) is 1. The molecule has 5 heteroatoms. The number of Topliss-reactive ketones (excluding diaryl/α,β-unsaturated/α-hetero) is 1. The molecule has 0 saturated carbocycles. The van der Waals surface area contributed by atoms with Gasteiger partial charge in [-0.1, -0.05) is 0 Å². The molecule has 80 valence electrons. The Morgan fingerprint density at radius 1 is 1.43 bits per heavy atom. The van der Waals surface area contributed by atoms with Crippen LogP contribution in [0.4, 0.5) is 0 Å². The van der Waals surface area contributed by atoms with Gasteiger partial charge < -0.3 is 0 Å². The number of amides is 1. The molecule has 0 saturated heterocycles. The van der Waals surface area contributed by atoms with Crippen LogP contribution in [0.25, 0.3) is 0 Å². The van der Waals surface area contributed by atoms with Gasteiger partial charge in [0.05, 0.1) is 0 Å². The first-order valence-corrected chi connectivity index (χ1v) is 6.07. The Morgan fingerprint density at radius 2 is 1.93 bits per heavy atom. The summed E-state index contributed by atoms with van der Waals surface area (Å²) in [6, 6.07) is -0.628. The number of nitrogens with one attached hydrogen (secondary N) is 1. The summed E-state index contributed by atoms with van der Waals surface area (Å²) in [6.07, 6.45) is 0. The van der Waals surface area contributed by atoms with Crippen LogP contribution in [-0.2, 0) is 28.9 Å². The third-order valence-corrected chi connectivity index (χ3v) is 3.32. The number of rotatable bonds is 5. The fraction of sp³-hybridized carbons (Fsp3) is 0.667. The van der Waals surface area contributed by atoms with Crippen molar-refractivity contribution < 1.29 is 28.9 Å². The van der Waals surface area contributed by atoms with E-state index in [9.17, 15) is 9.59 Å². The summed E-state index contributed by atoms with van der Waals surface area (Å²) in [6.45, 7) is 4.96. The normalized spacial score (nSPS) is 14.6. The molecule has 0 aromatic rings. The van der Waals surface area contributed by atoms with Crippen LogP contribution < -0.4 is 5.32 Å². The van der Waals surface area contributed by atoms with Gasteiger partial charge in [-0.3, -0.25) is 0 Å². The van der Waals surface area contributed by atoms with Crippen LogP contribution in [0, 0.1) is 0 Å². The molecule has 0 radical (unpaired) electrons. The van der Waals surface area contributed by atoms with Crippen molar-refractivity contribution in [2.24, 2.45) is 0 Å². The molecule has 0 aliphatic heterocycles. The molecule has 0 heterocycles. The Morgan fingerprint density at radius 3 is 2.29 bits per heavy atom. The Bertz CT molecular complexity index is 243. The van der Waals surface area contributed by atoms with Gasteiger partial charge in [-0.2, -0.15) is 0 Å². The van der Waals surface area contributed by atoms with Gasteiger partial charge in [-0.05, 0) is 0 Å². The third kappa shape index (κ3) is 4.25. The summed E-state index contributed by atoms with van der Waals surface area (Å²) in [7, 11) is 1.84. The summed E-state index contributed by atoms with van der Waals surface area (Å²) < 4.78 is 1.91. The van der Waals surface area contributed by atoms with E-state index in [2.05, 4.69) is 5.32 Å². The second-order valence-corrected chi connectivity index (χ2v) is 4.05. The van der Waals surface area contributed by atoms with Crippen molar-refractivity contribution in [3.05, 3.63) is 0 Å². The van der Waals surface area contributed by atoms with E-state index in [1.165, 1.54) is 26.3 Å². The van der Waals surface area contributed by atoms with E-state index < -0.39 is 6.04 Å². The molecular formula is C9H16N2O2W. The Kier molecular flexibility index (Phi) is 6.05. The van der Waals surface area contributed by atoms with Gasteiger partial charge in [0.15, 0.2) is 0 Å². The van der Waals surface area contributed by atoms with Crippen LogP contribution in [0.15, 0.2) is 0 Å². The van der Waals surface area contributed by atoms with Crippen LogP contribution in [0.2, 0.25) is 0 Å². The van der Waals surface area contributed by atoms with Crippen molar-refractivity contribution in [3.63, 3.8) is 0 Å². The Balaban J connectivity index is 4.21. The zero-order valence-corrected chi connectivity index (χ0v) is 11.8. The SMILES string of the molecule is CC(=O)C(C)NC(=O)C(C)N(C)[CH]=[W]. The molecule has 0 aliphatic rings. The number of ketones is 1. The average Bonchev–Trinajstić information content (AvgIpc) is 2.14. The molecule has 0 fully saturated rings. The fourth-order valence-corrected chi connectivity index (χ4v) is 1.37. The first-order valence-electron chi connectivity index (χ1n) is 4.38. The Labute approximate surface area is 95.4 Å². The molecule has 1 amide bonds. The van der Waals surface area contributed by atoms with Crippen LogP contribution in [0.1, 0.15) is 20.8 Å². The molecule has 0 aromatic carbocycles. The Hall–Kier alpha value is -0.342. The van der Waals surface area contributed by atoms with E-state index in [1.54, 1.807) is 6.92 Å². The number of hydrogen-bond acceptors (Lipinski definition) is 3. The predicted molar refractivity (Wildman–Crippen MR) is 51.6 cm³/mol.